The molecule has 0 unspecified atom stereocenters. The van der Waals surface area contributed by atoms with E-state index in [0.29, 0.717) is 11.1 Å². The van der Waals surface area contributed by atoms with Crippen molar-refractivity contribution in [2.75, 3.05) is 14.2 Å². The Morgan fingerprint density at radius 2 is 1.44 bits per heavy atom. The fourth-order valence-electron chi connectivity index (χ4n) is 3.99. The van der Waals surface area contributed by atoms with Crippen LogP contribution >= 0.6 is 0 Å². The number of carbonyl (C=O) groups excluding carboxylic acids is 3. The summed E-state index contributed by atoms with van der Waals surface area (Å²) in [4.78, 5) is 37.3. The Balaban J connectivity index is 1.77. The lowest BCUT2D eigenvalue weighted by molar-refractivity contribution is -0.206. The Hall–Kier alpha value is -4.55. The van der Waals surface area contributed by atoms with Crippen molar-refractivity contribution < 1.29 is 58.9 Å². The second-order valence-corrected chi connectivity index (χ2v) is 8.72. The lowest BCUT2D eigenvalue weighted by Gasteiger charge is -2.41. The third kappa shape index (κ3) is 7.27. The molecule has 1 aliphatic carbocycles. The predicted molar refractivity (Wildman–Crippen MR) is 134 cm³/mol. The first-order valence-electron chi connectivity index (χ1n) is 11.6. The molecule has 2 aromatic carbocycles. The average Bonchev–Trinajstić information content (AvgIpc) is 2.90. The first-order valence-corrected chi connectivity index (χ1v) is 11.6. The molecule has 208 valence electrons. The number of benzene rings is 2. The van der Waals surface area contributed by atoms with Crippen molar-refractivity contribution in [3.63, 3.8) is 0 Å². The van der Waals surface area contributed by atoms with Gasteiger partial charge in [0, 0.05) is 25.0 Å². The molecule has 0 bridgehead atoms. The van der Waals surface area contributed by atoms with Crippen LogP contribution in [0.25, 0.3) is 12.2 Å². The van der Waals surface area contributed by atoms with E-state index in [0.717, 1.165) is 19.3 Å². The van der Waals surface area contributed by atoms with E-state index in [-0.39, 0.29) is 17.2 Å². The zero-order valence-corrected chi connectivity index (χ0v) is 21.0. The van der Waals surface area contributed by atoms with Crippen LogP contribution < -0.4 is 4.74 Å². The van der Waals surface area contributed by atoms with E-state index >= 15 is 0 Å². The smallest absolute Gasteiger partial charge is 0.338 e. The Kier molecular flexibility index (Phi) is 9.17. The van der Waals surface area contributed by atoms with E-state index in [4.69, 9.17) is 14.2 Å². The number of aromatic hydroxyl groups is 3. The van der Waals surface area contributed by atoms with Crippen molar-refractivity contribution in [1.82, 2.24) is 0 Å². The van der Waals surface area contributed by atoms with Crippen LogP contribution in [0, 0.1) is 0 Å². The van der Waals surface area contributed by atoms with Crippen LogP contribution in [0.2, 0.25) is 0 Å². The van der Waals surface area contributed by atoms with E-state index in [1.807, 2.05) is 0 Å². The van der Waals surface area contributed by atoms with Crippen LogP contribution in [0.4, 0.5) is 0 Å². The maximum atomic E-state index is 12.6. The van der Waals surface area contributed by atoms with Gasteiger partial charge in [-0.3, -0.25) is 0 Å². The second-order valence-electron chi connectivity index (χ2n) is 8.72. The van der Waals surface area contributed by atoms with Crippen LogP contribution in [-0.4, -0.2) is 81.6 Å². The Bertz CT molecular complexity index is 1280. The Morgan fingerprint density at radius 3 is 2.03 bits per heavy atom. The molecule has 12 nitrogen and oxygen atoms in total. The number of hydrogen-bond acceptors (Lipinski definition) is 12. The molecule has 1 fully saturated rings. The number of rotatable bonds is 8. The van der Waals surface area contributed by atoms with E-state index in [1.165, 1.54) is 55.7 Å². The number of carbonyl (C=O) groups is 3. The molecular weight excluding hydrogens is 516 g/mol. The standard InChI is InChI=1S/C27H28O12/c1-36-21-12-16(4-8-18(21)29)6-10-24(33)39-25-20(31)13-27(35,26(34)37-2)14-22(25)38-23(32)9-5-15-3-7-17(28)19(30)11-15/h3-12,20,22,25,28-31,35H,13-14H2,1-2H3/b9-5+,10-6+/t20-,22-,25+,27-/m1/s1. The molecule has 0 aliphatic heterocycles. The zero-order chi connectivity index (χ0) is 28.7. The van der Waals surface area contributed by atoms with Crippen molar-refractivity contribution in [3.8, 4) is 23.0 Å². The fourth-order valence-corrected chi connectivity index (χ4v) is 3.99. The van der Waals surface area contributed by atoms with E-state index in [1.54, 1.807) is 0 Å². The minimum atomic E-state index is -2.22. The van der Waals surface area contributed by atoms with Gasteiger partial charge in [-0.15, -0.1) is 0 Å². The van der Waals surface area contributed by atoms with Crippen molar-refractivity contribution in [2.45, 2.75) is 36.8 Å². The summed E-state index contributed by atoms with van der Waals surface area (Å²) in [6, 6.07) is 8.17. The quantitative estimate of drug-likeness (QED) is 0.139. The Morgan fingerprint density at radius 1 is 0.846 bits per heavy atom. The third-order valence-corrected chi connectivity index (χ3v) is 5.94. The summed E-state index contributed by atoms with van der Waals surface area (Å²) in [5.41, 5.74) is -1.39. The molecule has 5 N–H and O–H groups in total. The second kappa shape index (κ2) is 12.3. The van der Waals surface area contributed by atoms with Gasteiger partial charge in [-0.2, -0.15) is 0 Å². The number of ether oxygens (including phenoxy) is 4. The number of aliphatic hydroxyl groups excluding tert-OH is 1. The van der Waals surface area contributed by atoms with E-state index in [9.17, 15) is 39.9 Å². The lowest BCUT2D eigenvalue weighted by atomic mass is 9.79. The Labute approximate surface area is 222 Å². The average molecular weight is 545 g/mol. The summed E-state index contributed by atoms with van der Waals surface area (Å²) in [7, 11) is 2.40. The summed E-state index contributed by atoms with van der Waals surface area (Å²) >= 11 is 0. The number of phenols is 3. The number of esters is 3. The van der Waals surface area contributed by atoms with Crippen LogP contribution in [0.3, 0.4) is 0 Å². The largest absolute Gasteiger partial charge is 0.504 e. The van der Waals surface area contributed by atoms with Gasteiger partial charge in [0.2, 0.25) is 0 Å². The number of methoxy groups -OCH3 is 2. The normalized spacial score (nSPS) is 22.9. The molecule has 0 spiro atoms. The van der Waals surface area contributed by atoms with Gasteiger partial charge in [-0.1, -0.05) is 12.1 Å². The molecule has 0 saturated heterocycles. The summed E-state index contributed by atoms with van der Waals surface area (Å²) in [6.07, 6.45) is -0.947. The summed E-state index contributed by atoms with van der Waals surface area (Å²) < 4.78 is 20.3. The number of phenolic OH excluding ortho intramolecular Hbond substituents is 3. The minimum Gasteiger partial charge on any atom is -0.504 e. The topological polar surface area (TPSA) is 189 Å². The third-order valence-electron chi connectivity index (χ3n) is 5.94. The number of hydrogen-bond donors (Lipinski definition) is 5. The van der Waals surface area contributed by atoms with Crippen molar-refractivity contribution >= 4 is 30.1 Å². The molecule has 0 radical (unpaired) electrons. The molecule has 12 heteroatoms. The van der Waals surface area contributed by atoms with Crippen molar-refractivity contribution in [2.24, 2.45) is 0 Å². The van der Waals surface area contributed by atoms with Gasteiger partial charge in [0.15, 0.2) is 34.7 Å². The highest BCUT2D eigenvalue weighted by atomic mass is 16.6. The van der Waals surface area contributed by atoms with Crippen molar-refractivity contribution in [1.29, 1.82) is 0 Å². The van der Waals surface area contributed by atoms with Gasteiger partial charge in [0.25, 0.3) is 0 Å². The first kappa shape index (κ1) is 29.0. The van der Waals surface area contributed by atoms with Crippen molar-refractivity contribution in [3.05, 3.63) is 59.7 Å². The van der Waals surface area contributed by atoms with Gasteiger partial charge in [-0.25, -0.2) is 14.4 Å². The van der Waals surface area contributed by atoms with Crippen LogP contribution in [-0.2, 0) is 28.6 Å². The van der Waals surface area contributed by atoms with Gasteiger partial charge in [0.1, 0.15) is 6.10 Å². The molecule has 39 heavy (non-hydrogen) atoms. The summed E-state index contributed by atoms with van der Waals surface area (Å²) in [5, 5.41) is 50.1. The molecule has 3 rings (SSSR count). The van der Waals surface area contributed by atoms with Gasteiger partial charge in [-0.05, 0) is 47.5 Å². The molecule has 0 aromatic heterocycles. The first-order chi connectivity index (χ1) is 18.4. The summed E-state index contributed by atoms with van der Waals surface area (Å²) in [5.74, 6) is -3.64. The molecule has 1 aliphatic rings. The minimum absolute atomic E-state index is 0.0958. The van der Waals surface area contributed by atoms with E-state index in [2.05, 4.69) is 4.74 Å². The lowest BCUT2D eigenvalue weighted by Crippen LogP contribution is -2.58. The molecule has 0 heterocycles. The highest BCUT2D eigenvalue weighted by Gasteiger charge is 2.52. The predicted octanol–water partition coefficient (Wildman–Crippen LogP) is 1.42. The SMILES string of the molecule is COC(=O)[C@@]1(O)C[C@@H](O)[C@H](OC(=O)/C=C/c2ccc(O)c(OC)c2)[C@H](OC(=O)/C=C/c2ccc(O)c(O)c2)C1. The van der Waals surface area contributed by atoms with E-state index < -0.39 is 60.4 Å². The van der Waals surface area contributed by atoms with Crippen LogP contribution in [0.1, 0.15) is 24.0 Å². The van der Waals surface area contributed by atoms with Crippen LogP contribution in [0.5, 0.6) is 23.0 Å². The summed E-state index contributed by atoms with van der Waals surface area (Å²) in [6.45, 7) is 0. The van der Waals surface area contributed by atoms with Gasteiger partial charge >= 0.3 is 17.9 Å². The monoisotopic (exact) mass is 544 g/mol. The van der Waals surface area contributed by atoms with Crippen LogP contribution in [0.15, 0.2) is 48.6 Å². The molecule has 1 saturated carbocycles. The molecule has 4 atom stereocenters. The molecule has 2 aromatic rings. The fraction of sp³-hybridized carbons (Fsp3) is 0.296. The maximum Gasteiger partial charge on any atom is 0.338 e. The van der Waals surface area contributed by atoms with Gasteiger partial charge < -0.3 is 44.5 Å². The molecular formula is C27H28O12. The maximum absolute atomic E-state index is 12.6. The number of aliphatic hydroxyl groups is 2. The highest BCUT2D eigenvalue weighted by Crippen LogP contribution is 2.34. The molecule has 0 amide bonds. The van der Waals surface area contributed by atoms with Gasteiger partial charge in [0.05, 0.1) is 20.3 Å². The highest BCUT2D eigenvalue weighted by molar-refractivity contribution is 5.88. The zero-order valence-electron chi connectivity index (χ0n) is 21.0.